The van der Waals surface area contributed by atoms with E-state index in [9.17, 15) is 4.79 Å². The molecule has 0 aliphatic heterocycles. The van der Waals surface area contributed by atoms with Crippen LogP contribution >= 0.6 is 15.9 Å². The summed E-state index contributed by atoms with van der Waals surface area (Å²) in [4.78, 5) is 15.0. The number of carbonyl (C=O) groups excluding carboxylic acids is 1. The molecule has 1 rings (SSSR count). The Morgan fingerprint density at radius 3 is 2.67 bits per heavy atom. The smallest absolute Gasteiger partial charge is 0.356 e. The maximum absolute atomic E-state index is 10.9. The molecule has 0 aliphatic rings. The van der Waals surface area contributed by atoms with Gasteiger partial charge < -0.3 is 4.84 Å². The molecule has 4 heteroatoms. The normalized spacial score (nSPS) is 9.58. The lowest BCUT2D eigenvalue weighted by Gasteiger charge is -2.00. The molecule has 0 amide bonds. The summed E-state index contributed by atoms with van der Waals surface area (Å²) in [7, 11) is 0. The molecule has 0 aliphatic carbocycles. The molecule has 3 nitrogen and oxygen atoms in total. The molecule has 2 N–H and O–H groups in total. The maximum Gasteiger partial charge on any atom is 0.356 e. The highest BCUT2D eigenvalue weighted by Gasteiger charge is 2.06. The molecule has 0 radical (unpaired) electrons. The minimum Gasteiger partial charge on any atom is -0.370 e. The van der Waals surface area contributed by atoms with Crippen LogP contribution in [0.4, 0.5) is 0 Å². The average molecular weight is 230 g/mol. The van der Waals surface area contributed by atoms with Crippen molar-refractivity contribution >= 4 is 21.9 Å². The Bertz CT molecular complexity index is 292. The first kappa shape index (κ1) is 9.22. The van der Waals surface area contributed by atoms with Crippen molar-refractivity contribution in [2.75, 3.05) is 0 Å². The molecule has 0 aromatic heterocycles. The van der Waals surface area contributed by atoms with E-state index in [2.05, 4.69) is 20.8 Å². The van der Waals surface area contributed by atoms with Gasteiger partial charge in [0.1, 0.15) is 0 Å². The highest BCUT2D eigenvalue weighted by molar-refractivity contribution is 9.10. The van der Waals surface area contributed by atoms with Gasteiger partial charge in [0.15, 0.2) is 0 Å². The van der Waals surface area contributed by atoms with E-state index in [-0.39, 0.29) is 0 Å². The van der Waals surface area contributed by atoms with Crippen LogP contribution in [0.3, 0.4) is 0 Å². The summed E-state index contributed by atoms with van der Waals surface area (Å²) in [6, 6.07) is 5.26. The fraction of sp³-hybridized carbons (Fsp3) is 0.125. The van der Waals surface area contributed by atoms with E-state index in [0.717, 1.165) is 10.0 Å². The number of nitrogens with two attached hydrogens (primary N) is 1. The minimum absolute atomic E-state index is 0.448. The van der Waals surface area contributed by atoms with Gasteiger partial charge in [-0.15, -0.1) is 0 Å². The van der Waals surface area contributed by atoms with E-state index >= 15 is 0 Å². The molecule has 0 heterocycles. The highest BCUT2D eigenvalue weighted by atomic mass is 79.9. The molecule has 0 saturated carbocycles. The SMILES string of the molecule is Cc1cc(Br)cc(C(=O)ON)c1. The minimum atomic E-state index is -0.528. The van der Waals surface area contributed by atoms with Crippen molar-refractivity contribution in [1.29, 1.82) is 0 Å². The Morgan fingerprint density at radius 2 is 2.17 bits per heavy atom. The Morgan fingerprint density at radius 1 is 1.50 bits per heavy atom. The van der Waals surface area contributed by atoms with Crippen LogP contribution in [-0.4, -0.2) is 5.97 Å². The second-order valence-corrected chi connectivity index (χ2v) is 3.34. The summed E-state index contributed by atoms with van der Waals surface area (Å²) in [6.07, 6.45) is 0. The summed E-state index contributed by atoms with van der Waals surface area (Å²) >= 11 is 3.26. The third-order valence-corrected chi connectivity index (χ3v) is 1.84. The van der Waals surface area contributed by atoms with Crippen LogP contribution in [0.15, 0.2) is 22.7 Å². The molecule has 0 unspecified atom stereocenters. The van der Waals surface area contributed by atoms with E-state index < -0.39 is 5.97 Å². The third kappa shape index (κ3) is 2.06. The average Bonchev–Trinajstić information content (AvgIpc) is 2.01. The second-order valence-electron chi connectivity index (χ2n) is 2.42. The summed E-state index contributed by atoms with van der Waals surface area (Å²) in [6.45, 7) is 1.89. The molecular formula is C8H8BrNO2. The van der Waals surface area contributed by atoms with Crippen molar-refractivity contribution in [3.8, 4) is 0 Å². The second kappa shape index (κ2) is 3.69. The third-order valence-electron chi connectivity index (χ3n) is 1.38. The quantitative estimate of drug-likeness (QED) is 0.748. The lowest BCUT2D eigenvalue weighted by atomic mass is 10.1. The van der Waals surface area contributed by atoms with Crippen molar-refractivity contribution in [2.24, 2.45) is 5.90 Å². The van der Waals surface area contributed by atoms with Crippen molar-refractivity contribution in [3.05, 3.63) is 33.8 Å². The largest absolute Gasteiger partial charge is 0.370 e. The molecule has 12 heavy (non-hydrogen) atoms. The number of rotatable bonds is 1. The van der Waals surface area contributed by atoms with Gasteiger partial charge in [0.05, 0.1) is 5.56 Å². The van der Waals surface area contributed by atoms with Gasteiger partial charge in [-0.3, -0.25) is 0 Å². The van der Waals surface area contributed by atoms with E-state index in [1.54, 1.807) is 12.1 Å². The molecule has 0 saturated heterocycles. The number of benzene rings is 1. The summed E-state index contributed by atoms with van der Waals surface area (Å²) in [5.74, 6) is 4.21. The van der Waals surface area contributed by atoms with Gasteiger partial charge in [0, 0.05) is 4.47 Å². The first-order valence-corrected chi connectivity index (χ1v) is 4.11. The standard InChI is InChI=1S/C8H8BrNO2/c1-5-2-6(8(11)12-10)4-7(9)3-5/h2-4H,10H2,1H3. The van der Waals surface area contributed by atoms with E-state index in [1.165, 1.54) is 0 Å². The van der Waals surface area contributed by atoms with Gasteiger partial charge in [0.25, 0.3) is 0 Å². The number of hydrogen-bond donors (Lipinski definition) is 1. The fourth-order valence-electron chi connectivity index (χ4n) is 0.922. The number of carbonyl (C=O) groups is 1. The van der Waals surface area contributed by atoms with Crippen molar-refractivity contribution in [1.82, 2.24) is 0 Å². The zero-order chi connectivity index (χ0) is 9.14. The van der Waals surface area contributed by atoms with Crippen LogP contribution in [0.25, 0.3) is 0 Å². The number of hydrogen-bond acceptors (Lipinski definition) is 3. The Hall–Kier alpha value is -0.870. The van der Waals surface area contributed by atoms with Crippen LogP contribution in [0.2, 0.25) is 0 Å². The lowest BCUT2D eigenvalue weighted by Crippen LogP contribution is -2.10. The van der Waals surface area contributed by atoms with E-state index in [4.69, 9.17) is 5.90 Å². The zero-order valence-corrected chi connectivity index (χ0v) is 8.09. The molecule has 0 spiro atoms. The molecule has 1 aromatic rings. The van der Waals surface area contributed by atoms with Crippen molar-refractivity contribution in [2.45, 2.75) is 6.92 Å². The van der Waals surface area contributed by atoms with Crippen LogP contribution in [0.5, 0.6) is 0 Å². The van der Waals surface area contributed by atoms with Gasteiger partial charge in [-0.05, 0) is 30.7 Å². The molecule has 64 valence electrons. The predicted octanol–water partition coefficient (Wildman–Crippen LogP) is 1.79. The number of halogens is 1. The maximum atomic E-state index is 10.9. The summed E-state index contributed by atoms with van der Waals surface area (Å²) < 4.78 is 0.836. The van der Waals surface area contributed by atoms with Gasteiger partial charge in [-0.25, -0.2) is 4.79 Å². The van der Waals surface area contributed by atoms with Crippen LogP contribution < -0.4 is 5.90 Å². The first-order chi connectivity index (χ1) is 5.63. The molecule has 1 aromatic carbocycles. The lowest BCUT2D eigenvalue weighted by molar-refractivity contribution is 0.0503. The highest BCUT2D eigenvalue weighted by Crippen LogP contribution is 2.15. The fourth-order valence-corrected chi connectivity index (χ4v) is 1.53. The predicted molar refractivity (Wildman–Crippen MR) is 48.5 cm³/mol. The van der Waals surface area contributed by atoms with E-state index in [1.807, 2.05) is 13.0 Å². The monoisotopic (exact) mass is 229 g/mol. The Kier molecular flexibility index (Phi) is 2.83. The Labute approximate surface area is 78.6 Å². The molecular weight excluding hydrogens is 222 g/mol. The van der Waals surface area contributed by atoms with E-state index in [0.29, 0.717) is 5.56 Å². The topological polar surface area (TPSA) is 52.3 Å². The zero-order valence-electron chi connectivity index (χ0n) is 6.50. The summed E-state index contributed by atoms with van der Waals surface area (Å²) in [5, 5.41) is 0. The summed E-state index contributed by atoms with van der Waals surface area (Å²) in [5.41, 5.74) is 1.43. The van der Waals surface area contributed by atoms with Gasteiger partial charge in [-0.2, -0.15) is 5.90 Å². The van der Waals surface area contributed by atoms with Crippen LogP contribution in [-0.2, 0) is 4.84 Å². The van der Waals surface area contributed by atoms with Crippen molar-refractivity contribution < 1.29 is 9.63 Å². The Balaban J connectivity index is 3.08. The van der Waals surface area contributed by atoms with Gasteiger partial charge in [0.2, 0.25) is 0 Å². The number of aryl methyl sites for hydroxylation is 1. The molecule has 0 atom stereocenters. The van der Waals surface area contributed by atoms with Crippen LogP contribution in [0.1, 0.15) is 15.9 Å². The molecule has 0 fully saturated rings. The first-order valence-electron chi connectivity index (χ1n) is 3.31. The van der Waals surface area contributed by atoms with Gasteiger partial charge >= 0.3 is 5.97 Å². The van der Waals surface area contributed by atoms with Crippen molar-refractivity contribution in [3.63, 3.8) is 0 Å². The van der Waals surface area contributed by atoms with Crippen LogP contribution in [0, 0.1) is 6.92 Å². The molecule has 0 bridgehead atoms. The van der Waals surface area contributed by atoms with Gasteiger partial charge in [-0.1, -0.05) is 15.9 Å².